The van der Waals surface area contributed by atoms with Crippen LogP contribution >= 0.6 is 11.6 Å². The fourth-order valence-electron chi connectivity index (χ4n) is 2.19. The van der Waals surface area contributed by atoms with Crippen LogP contribution < -0.4 is 5.32 Å². The molecule has 1 aromatic carbocycles. The van der Waals surface area contributed by atoms with E-state index < -0.39 is 0 Å². The lowest BCUT2D eigenvalue weighted by atomic mass is 9.98. The van der Waals surface area contributed by atoms with Crippen LogP contribution in [0.25, 0.3) is 0 Å². The van der Waals surface area contributed by atoms with Gasteiger partial charge in [-0.25, -0.2) is 4.98 Å². The van der Waals surface area contributed by atoms with E-state index in [0.29, 0.717) is 0 Å². The number of imidazole rings is 1. The second-order valence-corrected chi connectivity index (χ2v) is 4.33. The van der Waals surface area contributed by atoms with Gasteiger partial charge in [-0.3, -0.25) is 0 Å². The maximum Gasteiger partial charge on any atom is 0.0926 e. The van der Waals surface area contributed by atoms with Crippen LogP contribution in [0.4, 0.5) is 0 Å². The summed E-state index contributed by atoms with van der Waals surface area (Å²) >= 11 is 6.21. The molecule has 16 heavy (non-hydrogen) atoms. The van der Waals surface area contributed by atoms with Crippen LogP contribution in [0.3, 0.4) is 0 Å². The molecule has 0 saturated heterocycles. The maximum atomic E-state index is 6.21. The lowest BCUT2D eigenvalue weighted by Crippen LogP contribution is -2.30. The summed E-state index contributed by atoms with van der Waals surface area (Å²) in [5, 5.41) is 4.24. The Kier molecular flexibility index (Phi) is 2.42. The minimum Gasteiger partial charge on any atom is -0.348 e. The summed E-state index contributed by atoms with van der Waals surface area (Å²) in [6.45, 7) is 0.949. The summed E-state index contributed by atoms with van der Waals surface area (Å²) in [5.41, 5.74) is 3.38. The molecule has 4 heteroatoms. The van der Waals surface area contributed by atoms with Crippen molar-refractivity contribution in [2.45, 2.75) is 12.5 Å². The van der Waals surface area contributed by atoms with E-state index >= 15 is 0 Å². The molecule has 2 N–H and O–H groups in total. The molecule has 1 atom stereocenters. The Hall–Kier alpha value is -1.32. The molecule has 0 unspecified atom stereocenters. The highest BCUT2D eigenvalue weighted by Gasteiger charge is 2.24. The summed E-state index contributed by atoms with van der Waals surface area (Å²) < 4.78 is 0. The Morgan fingerprint density at radius 2 is 2.19 bits per heavy atom. The van der Waals surface area contributed by atoms with Gasteiger partial charge in [0.1, 0.15) is 0 Å². The van der Waals surface area contributed by atoms with E-state index in [1.165, 1.54) is 5.69 Å². The smallest absolute Gasteiger partial charge is 0.0926 e. The third-order valence-corrected chi connectivity index (χ3v) is 3.31. The number of aromatic amines is 1. The predicted octanol–water partition coefficient (Wildman–Crippen LogP) is 2.30. The molecule has 0 bridgehead atoms. The zero-order chi connectivity index (χ0) is 11.0. The number of rotatable bonds is 1. The van der Waals surface area contributed by atoms with Crippen LogP contribution in [0, 0.1) is 0 Å². The van der Waals surface area contributed by atoms with Gasteiger partial charge < -0.3 is 10.3 Å². The number of fused-ring (bicyclic) bond motifs is 1. The van der Waals surface area contributed by atoms with Crippen molar-refractivity contribution in [1.82, 2.24) is 15.3 Å². The Morgan fingerprint density at radius 1 is 1.31 bits per heavy atom. The third-order valence-electron chi connectivity index (χ3n) is 2.96. The summed E-state index contributed by atoms with van der Waals surface area (Å²) in [4.78, 5) is 7.56. The first-order chi connectivity index (χ1) is 7.86. The quantitative estimate of drug-likeness (QED) is 0.794. The van der Waals surface area contributed by atoms with Crippen LogP contribution in [-0.4, -0.2) is 16.5 Å². The Balaban J connectivity index is 2.08. The third kappa shape index (κ3) is 1.52. The maximum absolute atomic E-state index is 6.21. The minimum absolute atomic E-state index is 0.115. The largest absolute Gasteiger partial charge is 0.348 e. The molecular formula is C12H12ClN3. The summed E-state index contributed by atoms with van der Waals surface area (Å²) in [7, 11) is 0. The zero-order valence-corrected chi connectivity index (χ0v) is 9.46. The molecule has 0 radical (unpaired) electrons. The number of aromatic nitrogens is 2. The Labute approximate surface area is 98.9 Å². The van der Waals surface area contributed by atoms with Gasteiger partial charge >= 0.3 is 0 Å². The first-order valence-electron chi connectivity index (χ1n) is 5.36. The van der Waals surface area contributed by atoms with E-state index in [1.54, 1.807) is 6.33 Å². The molecule has 0 saturated carbocycles. The molecule has 0 aliphatic carbocycles. The van der Waals surface area contributed by atoms with E-state index in [0.717, 1.165) is 29.2 Å². The molecule has 0 spiro atoms. The van der Waals surface area contributed by atoms with Crippen molar-refractivity contribution in [3.05, 3.63) is 52.6 Å². The number of H-pyrrole nitrogens is 1. The summed E-state index contributed by atoms with van der Waals surface area (Å²) in [5.74, 6) is 0. The standard InChI is InChI=1S/C12H12ClN3/c13-9-4-2-1-3-8(9)11-12-10(5-6-14-11)15-7-16-12/h1-4,7,11,14H,5-6H2,(H,15,16)/t11-/m1/s1. The van der Waals surface area contributed by atoms with Crippen molar-refractivity contribution in [2.24, 2.45) is 0 Å². The molecule has 3 rings (SSSR count). The molecule has 0 fully saturated rings. The van der Waals surface area contributed by atoms with E-state index in [1.807, 2.05) is 24.3 Å². The van der Waals surface area contributed by atoms with Crippen molar-refractivity contribution >= 4 is 11.6 Å². The molecular weight excluding hydrogens is 222 g/mol. The normalized spacial score (nSPS) is 19.4. The van der Waals surface area contributed by atoms with Gasteiger partial charge in [-0.2, -0.15) is 0 Å². The van der Waals surface area contributed by atoms with Crippen LogP contribution in [0.1, 0.15) is 23.0 Å². The Morgan fingerprint density at radius 3 is 3.06 bits per heavy atom. The topological polar surface area (TPSA) is 40.7 Å². The lowest BCUT2D eigenvalue weighted by Gasteiger charge is -2.24. The molecule has 1 aliphatic heterocycles. The number of hydrogen-bond acceptors (Lipinski definition) is 2. The predicted molar refractivity (Wildman–Crippen MR) is 63.6 cm³/mol. The summed E-state index contributed by atoms with van der Waals surface area (Å²) in [6.07, 6.45) is 2.75. The number of nitrogens with one attached hydrogen (secondary N) is 2. The Bertz CT molecular complexity index is 506. The highest BCUT2D eigenvalue weighted by molar-refractivity contribution is 6.31. The van der Waals surface area contributed by atoms with E-state index in [9.17, 15) is 0 Å². The van der Waals surface area contributed by atoms with Crippen molar-refractivity contribution in [2.75, 3.05) is 6.54 Å². The average Bonchev–Trinajstić information content (AvgIpc) is 2.77. The van der Waals surface area contributed by atoms with Gasteiger partial charge in [0.2, 0.25) is 0 Å². The van der Waals surface area contributed by atoms with Gasteiger partial charge in [0.05, 0.1) is 18.1 Å². The molecule has 82 valence electrons. The van der Waals surface area contributed by atoms with Crippen LogP contribution in [-0.2, 0) is 6.42 Å². The van der Waals surface area contributed by atoms with E-state index in [2.05, 4.69) is 15.3 Å². The fourth-order valence-corrected chi connectivity index (χ4v) is 2.43. The lowest BCUT2D eigenvalue weighted by molar-refractivity contribution is 0.553. The average molecular weight is 234 g/mol. The second-order valence-electron chi connectivity index (χ2n) is 3.92. The first-order valence-corrected chi connectivity index (χ1v) is 5.74. The molecule has 1 aliphatic rings. The fraction of sp³-hybridized carbons (Fsp3) is 0.250. The number of nitrogens with zero attached hydrogens (tertiary/aromatic N) is 1. The monoisotopic (exact) mass is 233 g/mol. The van der Waals surface area contributed by atoms with Gasteiger partial charge in [0, 0.05) is 23.7 Å². The first kappa shape index (κ1) is 9.87. The van der Waals surface area contributed by atoms with Gasteiger partial charge in [-0.15, -0.1) is 0 Å². The van der Waals surface area contributed by atoms with Gasteiger partial charge in [-0.05, 0) is 11.6 Å². The minimum atomic E-state index is 0.115. The number of benzene rings is 1. The number of hydrogen-bond donors (Lipinski definition) is 2. The highest BCUT2D eigenvalue weighted by atomic mass is 35.5. The van der Waals surface area contributed by atoms with Crippen LogP contribution in [0.2, 0.25) is 5.02 Å². The summed E-state index contributed by atoms with van der Waals surface area (Å²) in [6, 6.07) is 8.02. The number of halogens is 1. The zero-order valence-electron chi connectivity index (χ0n) is 8.70. The van der Waals surface area contributed by atoms with Crippen molar-refractivity contribution in [3.63, 3.8) is 0 Å². The van der Waals surface area contributed by atoms with Gasteiger partial charge in [0.25, 0.3) is 0 Å². The van der Waals surface area contributed by atoms with Gasteiger partial charge in [0.15, 0.2) is 0 Å². The van der Waals surface area contributed by atoms with E-state index in [-0.39, 0.29) is 6.04 Å². The van der Waals surface area contributed by atoms with Crippen LogP contribution in [0.5, 0.6) is 0 Å². The van der Waals surface area contributed by atoms with Crippen molar-refractivity contribution in [3.8, 4) is 0 Å². The van der Waals surface area contributed by atoms with E-state index in [4.69, 9.17) is 11.6 Å². The molecule has 2 aromatic rings. The molecule has 2 heterocycles. The molecule has 1 aromatic heterocycles. The van der Waals surface area contributed by atoms with Gasteiger partial charge in [-0.1, -0.05) is 29.8 Å². The van der Waals surface area contributed by atoms with Crippen molar-refractivity contribution < 1.29 is 0 Å². The SMILES string of the molecule is Clc1ccccc1[C@H]1NCCc2[nH]cnc21. The highest BCUT2D eigenvalue weighted by Crippen LogP contribution is 2.30. The van der Waals surface area contributed by atoms with Crippen molar-refractivity contribution in [1.29, 1.82) is 0 Å². The second kappa shape index (κ2) is 3.92. The van der Waals surface area contributed by atoms with Crippen LogP contribution in [0.15, 0.2) is 30.6 Å². The molecule has 3 nitrogen and oxygen atoms in total. The molecule has 0 amide bonds.